The van der Waals surface area contributed by atoms with Crippen molar-refractivity contribution >= 4 is 21.4 Å². The van der Waals surface area contributed by atoms with Crippen molar-refractivity contribution in [2.24, 2.45) is 0 Å². The number of nitrogens with zero attached hydrogens (tertiary/aromatic N) is 1. The van der Waals surface area contributed by atoms with Gasteiger partial charge in [0, 0.05) is 16.7 Å². The molecule has 1 aliphatic heterocycles. The zero-order valence-corrected chi connectivity index (χ0v) is 14.8. The van der Waals surface area contributed by atoms with Gasteiger partial charge in [0.25, 0.3) is 5.91 Å². The van der Waals surface area contributed by atoms with Gasteiger partial charge >= 0.3 is 0 Å². The van der Waals surface area contributed by atoms with Crippen LogP contribution >= 0.6 is 0 Å². The summed E-state index contributed by atoms with van der Waals surface area (Å²) in [6.45, 7) is 3.83. The molecule has 0 bridgehead atoms. The summed E-state index contributed by atoms with van der Waals surface area (Å²) < 4.78 is 36.8. The lowest BCUT2D eigenvalue weighted by Gasteiger charge is -2.28. The van der Waals surface area contributed by atoms with Gasteiger partial charge in [0.15, 0.2) is 9.84 Å². The highest BCUT2D eigenvalue weighted by atomic mass is 32.2. The van der Waals surface area contributed by atoms with E-state index in [2.05, 4.69) is 0 Å². The maximum Gasteiger partial charge on any atom is 0.258 e. The van der Waals surface area contributed by atoms with Crippen LogP contribution in [0.1, 0.15) is 21.5 Å². The number of hydrogen-bond donors (Lipinski definition) is 0. The third kappa shape index (κ3) is 3.79. The predicted molar refractivity (Wildman–Crippen MR) is 95.8 cm³/mol. The van der Waals surface area contributed by atoms with E-state index in [1.807, 2.05) is 32.0 Å². The molecule has 0 radical (unpaired) electrons. The minimum atomic E-state index is -3.33. The van der Waals surface area contributed by atoms with Crippen molar-refractivity contribution in [3.8, 4) is 0 Å². The first-order valence-electron chi connectivity index (χ1n) is 7.83. The van der Waals surface area contributed by atoms with Gasteiger partial charge in [-0.1, -0.05) is 6.07 Å². The Balaban J connectivity index is 2.07. The molecular formula is C19H18FNO3S. The van der Waals surface area contributed by atoms with Crippen LogP contribution in [0.5, 0.6) is 0 Å². The Morgan fingerprint density at radius 2 is 1.68 bits per heavy atom. The Morgan fingerprint density at radius 1 is 1.08 bits per heavy atom. The summed E-state index contributed by atoms with van der Waals surface area (Å²) in [5.41, 5.74) is 2.87. The monoisotopic (exact) mass is 359 g/mol. The Bertz CT molecular complexity index is 929. The summed E-state index contributed by atoms with van der Waals surface area (Å²) in [5, 5.41) is 1.14. The van der Waals surface area contributed by atoms with Crippen LogP contribution in [-0.2, 0) is 9.84 Å². The number of anilines is 1. The van der Waals surface area contributed by atoms with Crippen LogP contribution in [0.4, 0.5) is 10.1 Å². The lowest BCUT2D eigenvalue weighted by molar-refractivity contribution is 0.0983. The summed E-state index contributed by atoms with van der Waals surface area (Å²) in [5.74, 6) is -0.956. The zero-order chi connectivity index (χ0) is 18.2. The van der Waals surface area contributed by atoms with E-state index in [1.54, 1.807) is 0 Å². The molecule has 0 unspecified atom stereocenters. The highest BCUT2D eigenvalue weighted by molar-refractivity contribution is 7.94. The van der Waals surface area contributed by atoms with Crippen LogP contribution in [0.2, 0.25) is 0 Å². The fraction of sp³-hybridized carbons (Fsp3) is 0.211. The maximum atomic E-state index is 13.2. The van der Waals surface area contributed by atoms with Gasteiger partial charge < -0.3 is 4.90 Å². The Hall–Kier alpha value is -2.47. The predicted octanol–water partition coefficient (Wildman–Crippen LogP) is 3.40. The smallest absolute Gasteiger partial charge is 0.258 e. The minimum Gasteiger partial charge on any atom is -0.300 e. The Labute approximate surface area is 146 Å². The summed E-state index contributed by atoms with van der Waals surface area (Å²) >= 11 is 0. The largest absolute Gasteiger partial charge is 0.300 e. The van der Waals surface area contributed by atoms with Crippen LogP contribution in [0.25, 0.3) is 0 Å². The Morgan fingerprint density at radius 3 is 2.20 bits per heavy atom. The SMILES string of the molecule is Cc1cc(C)cc(N(C(=O)c2ccc(F)cc2)[C@H]2C=CS(=O)(=O)C2)c1. The number of rotatable bonds is 3. The molecule has 0 saturated heterocycles. The topological polar surface area (TPSA) is 54.5 Å². The van der Waals surface area contributed by atoms with Crippen molar-refractivity contribution in [1.82, 2.24) is 0 Å². The number of carbonyl (C=O) groups is 1. The van der Waals surface area contributed by atoms with E-state index in [-0.39, 0.29) is 11.7 Å². The van der Waals surface area contributed by atoms with Gasteiger partial charge in [-0.2, -0.15) is 0 Å². The molecule has 3 rings (SSSR count). The van der Waals surface area contributed by atoms with Crippen LogP contribution in [0, 0.1) is 19.7 Å². The van der Waals surface area contributed by atoms with Crippen molar-refractivity contribution in [2.45, 2.75) is 19.9 Å². The molecule has 0 aliphatic carbocycles. The minimum absolute atomic E-state index is 0.160. The summed E-state index contributed by atoms with van der Waals surface area (Å²) in [6, 6.07) is 10.3. The molecule has 1 heterocycles. The third-order valence-electron chi connectivity index (χ3n) is 4.04. The first kappa shape index (κ1) is 17.4. The molecular weight excluding hydrogens is 341 g/mol. The van der Waals surface area contributed by atoms with E-state index in [9.17, 15) is 17.6 Å². The first-order valence-corrected chi connectivity index (χ1v) is 9.55. The second-order valence-corrected chi connectivity index (χ2v) is 8.18. The highest BCUT2D eigenvalue weighted by Gasteiger charge is 2.32. The van der Waals surface area contributed by atoms with E-state index in [0.717, 1.165) is 16.5 Å². The molecule has 25 heavy (non-hydrogen) atoms. The van der Waals surface area contributed by atoms with Gasteiger partial charge in [0.05, 0.1) is 11.8 Å². The molecule has 0 saturated carbocycles. The van der Waals surface area contributed by atoms with Crippen LogP contribution in [0.15, 0.2) is 53.9 Å². The fourth-order valence-electron chi connectivity index (χ4n) is 3.00. The van der Waals surface area contributed by atoms with E-state index >= 15 is 0 Å². The number of hydrogen-bond acceptors (Lipinski definition) is 3. The normalized spacial score (nSPS) is 18.3. The summed E-state index contributed by atoms with van der Waals surface area (Å²) in [6.07, 6.45) is 1.52. The molecule has 1 amide bonds. The second-order valence-electron chi connectivity index (χ2n) is 6.25. The van der Waals surface area contributed by atoms with Crippen LogP contribution in [-0.4, -0.2) is 26.1 Å². The average Bonchev–Trinajstić information content (AvgIpc) is 2.87. The fourth-order valence-corrected chi connectivity index (χ4v) is 4.27. The Kier molecular flexibility index (Phi) is 4.47. The van der Waals surface area contributed by atoms with E-state index in [4.69, 9.17) is 0 Å². The first-order chi connectivity index (χ1) is 11.7. The van der Waals surface area contributed by atoms with Gasteiger partial charge in [-0.05, 0) is 67.4 Å². The lowest BCUT2D eigenvalue weighted by atomic mass is 10.1. The standard InChI is InChI=1S/C19H18FNO3S/c1-13-9-14(2)11-18(10-13)21(17-7-8-25(23,24)12-17)19(22)15-3-5-16(20)6-4-15/h3-11,17H,12H2,1-2H3/t17-/m0/s1. The number of halogens is 1. The van der Waals surface area contributed by atoms with Crippen LogP contribution < -0.4 is 4.90 Å². The number of amides is 1. The second kappa shape index (κ2) is 6.44. The van der Waals surface area contributed by atoms with Gasteiger partial charge in [0.1, 0.15) is 5.82 Å². The van der Waals surface area contributed by atoms with Gasteiger partial charge in [0.2, 0.25) is 0 Å². The molecule has 1 aliphatic rings. The maximum absolute atomic E-state index is 13.2. The molecule has 0 fully saturated rings. The van der Waals surface area contributed by atoms with Crippen molar-refractivity contribution < 1.29 is 17.6 Å². The summed E-state index contributed by atoms with van der Waals surface area (Å²) in [7, 11) is -3.33. The van der Waals surface area contributed by atoms with E-state index in [1.165, 1.54) is 35.2 Å². The van der Waals surface area contributed by atoms with Gasteiger partial charge in [-0.15, -0.1) is 0 Å². The van der Waals surface area contributed by atoms with Crippen molar-refractivity contribution in [3.63, 3.8) is 0 Å². The number of benzene rings is 2. The van der Waals surface area contributed by atoms with Crippen molar-refractivity contribution in [3.05, 3.63) is 76.5 Å². The van der Waals surface area contributed by atoms with Crippen LogP contribution in [0.3, 0.4) is 0 Å². The molecule has 2 aromatic rings. The van der Waals surface area contributed by atoms with E-state index < -0.39 is 21.7 Å². The molecule has 1 atom stereocenters. The highest BCUT2D eigenvalue weighted by Crippen LogP contribution is 2.27. The number of carbonyl (C=O) groups excluding carboxylic acids is 1. The molecule has 130 valence electrons. The molecule has 4 nitrogen and oxygen atoms in total. The molecule has 6 heteroatoms. The quantitative estimate of drug-likeness (QED) is 0.844. The van der Waals surface area contributed by atoms with Gasteiger partial charge in [-0.3, -0.25) is 4.79 Å². The number of aryl methyl sites for hydroxylation is 2. The van der Waals surface area contributed by atoms with Crippen molar-refractivity contribution in [2.75, 3.05) is 10.7 Å². The third-order valence-corrected chi connectivity index (χ3v) is 5.42. The molecule has 2 aromatic carbocycles. The summed E-state index contributed by atoms with van der Waals surface area (Å²) in [4.78, 5) is 14.5. The lowest BCUT2D eigenvalue weighted by Crippen LogP contribution is -2.41. The molecule has 0 N–H and O–H groups in total. The van der Waals surface area contributed by atoms with Crippen molar-refractivity contribution in [1.29, 1.82) is 0 Å². The zero-order valence-electron chi connectivity index (χ0n) is 13.9. The number of sulfone groups is 1. The molecule has 0 spiro atoms. The molecule has 0 aromatic heterocycles. The van der Waals surface area contributed by atoms with E-state index in [0.29, 0.717) is 11.3 Å². The van der Waals surface area contributed by atoms with Gasteiger partial charge in [-0.25, -0.2) is 12.8 Å². The average molecular weight is 359 g/mol.